The molecule has 5 heteroatoms. The van der Waals surface area contributed by atoms with Crippen molar-refractivity contribution in [1.82, 2.24) is 19.7 Å². The number of hydrogen-bond acceptors (Lipinski definition) is 4. The molecule has 0 aliphatic carbocycles. The van der Waals surface area contributed by atoms with E-state index in [9.17, 15) is 0 Å². The van der Waals surface area contributed by atoms with E-state index in [4.69, 9.17) is 0 Å². The highest BCUT2D eigenvalue weighted by molar-refractivity contribution is 7.98. The Kier molecular flexibility index (Phi) is 2.07. The monoisotopic (exact) mass is 230 g/mol. The van der Waals surface area contributed by atoms with Crippen LogP contribution in [0, 0.1) is 0 Å². The number of para-hydroxylation sites is 1. The van der Waals surface area contributed by atoms with Crippen molar-refractivity contribution in [3.8, 4) is 11.5 Å². The summed E-state index contributed by atoms with van der Waals surface area (Å²) in [5.41, 5.74) is 1.84. The van der Waals surface area contributed by atoms with Gasteiger partial charge in [-0.3, -0.25) is 0 Å². The Morgan fingerprint density at radius 2 is 2.00 bits per heavy atom. The Morgan fingerprint density at radius 3 is 2.81 bits per heavy atom. The van der Waals surface area contributed by atoms with Gasteiger partial charge in [0.05, 0.1) is 5.52 Å². The van der Waals surface area contributed by atoms with E-state index in [2.05, 4.69) is 15.2 Å². The highest BCUT2D eigenvalue weighted by Crippen LogP contribution is 2.29. The molecule has 4 nitrogen and oxygen atoms in total. The van der Waals surface area contributed by atoms with Gasteiger partial charge in [-0.25, -0.2) is 4.98 Å². The van der Waals surface area contributed by atoms with Gasteiger partial charge in [0.15, 0.2) is 11.0 Å². The average molecular weight is 230 g/mol. The zero-order valence-electron chi connectivity index (χ0n) is 9.01. The van der Waals surface area contributed by atoms with Crippen LogP contribution in [-0.2, 0) is 7.05 Å². The van der Waals surface area contributed by atoms with Crippen molar-refractivity contribution in [3.63, 3.8) is 0 Å². The first-order valence-electron chi connectivity index (χ1n) is 4.93. The molecule has 0 aromatic heterocycles. The molecule has 0 atom stereocenters. The molecule has 0 radical (unpaired) electrons. The Morgan fingerprint density at radius 1 is 1.19 bits per heavy atom. The minimum absolute atomic E-state index is 0.871. The summed E-state index contributed by atoms with van der Waals surface area (Å²) < 4.78 is 1.98. The molecule has 2 heterocycles. The zero-order valence-corrected chi connectivity index (χ0v) is 9.82. The van der Waals surface area contributed by atoms with E-state index in [1.165, 1.54) is 0 Å². The standard InChI is InChI=1S/C11H10N4S/c1-15-10-9(13-14-11(15)16-2)7-5-3-4-6-8(7)12-10/h3-6H,1-2H3. The molecule has 0 amide bonds. The molecule has 0 spiro atoms. The lowest BCUT2D eigenvalue weighted by atomic mass is 10.2. The maximum Gasteiger partial charge on any atom is 0.190 e. The summed E-state index contributed by atoms with van der Waals surface area (Å²) in [6.45, 7) is 0. The van der Waals surface area contributed by atoms with Crippen LogP contribution in [-0.4, -0.2) is 26.0 Å². The number of benzene rings is 1. The van der Waals surface area contributed by atoms with E-state index >= 15 is 0 Å². The van der Waals surface area contributed by atoms with Gasteiger partial charge in [-0.2, -0.15) is 0 Å². The summed E-state index contributed by atoms with van der Waals surface area (Å²) in [6.07, 6.45) is 1.98. The van der Waals surface area contributed by atoms with Crippen LogP contribution in [0.2, 0.25) is 0 Å². The number of aromatic nitrogens is 4. The van der Waals surface area contributed by atoms with Crippen LogP contribution in [0.1, 0.15) is 0 Å². The van der Waals surface area contributed by atoms with Gasteiger partial charge in [0.1, 0.15) is 5.69 Å². The summed E-state index contributed by atoms with van der Waals surface area (Å²) in [6, 6.07) is 8.00. The van der Waals surface area contributed by atoms with Crippen LogP contribution >= 0.6 is 11.8 Å². The van der Waals surface area contributed by atoms with Gasteiger partial charge in [-0.15, -0.1) is 10.2 Å². The van der Waals surface area contributed by atoms with E-state index in [0.717, 1.165) is 27.6 Å². The molecule has 0 bridgehead atoms. The molecular weight excluding hydrogens is 220 g/mol. The summed E-state index contributed by atoms with van der Waals surface area (Å²) >= 11 is 1.57. The highest BCUT2D eigenvalue weighted by atomic mass is 32.2. The maximum atomic E-state index is 4.57. The third-order valence-corrected chi connectivity index (χ3v) is 3.34. The van der Waals surface area contributed by atoms with E-state index < -0.39 is 0 Å². The van der Waals surface area contributed by atoms with Crippen molar-refractivity contribution in [3.05, 3.63) is 24.3 Å². The number of nitrogens with zero attached hydrogens (tertiary/aromatic N) is 4. The van der Waals surface area contributed by atoms with Crippen LogP contribution in [0.25, 0.3) is 22.4 Å². The van der Waals surface area contributed by atoms with Gasteiger partial charge in [0.25, 0.3) is 0 Å². The second-order valence-electron chi connectivity index (χ2n) is 3.55. The molecule has 16 heavy (non-hydrogen) atoms. The smallest absolute Gasteiger partial charge is 0.190 e. The van der Waals surface area contributed by atoms with Crippen molar-refractivity contribution >= 4 is 22.7 Å². The van der Waals surface area contributed by atoms with Crippen LogP contribution in [0.4, 0.5) is 0 Å². The molecule has 2 aliphatic rings. The first kappa shape index (κ1) is 9.59. The third-order valence-electron chi connectivity index (χ3n) is 2.62. The molecule has 2 aliphatic heterocycles. The molecule has 3 rings (SSSR count). The van der Waals surface area contributed by atoms with Gasteiger partial charge in [-0.05, 0) is 12.3 Å². The molecule has 1 aromatic rings. The van der Waals surface area contributed by atoms with Gasteiger partial charge >= 0.3 is 0 Å². The van der Waals surface area contributed by atoms with Gasteiger partial charge in [0, 0.05) is 12.4 Å². The van der Waals surface area contributed by atoms with Crippen molar-refractivity contribution in [1.29, 1.82) is 0 Å². The van der Waals surface area contributed by atoms with Gasteiger partial charge in [-0.1, -0.05) is 30.0 Å². The predicted molar refractivity (Wildman–Crippen MR) is 64.7 cm³/mol. The molecule has 0 fully saturated rings. The lowest BCUT2D eigenvalue weighted by Crippen LogP contribution is -2.05. The van der Waals surface area contributed by atoms with Crippen LogP contribution in [0.15, 0.2) is 29.4 Å². The van der Waals surface area contributed by atoms with E-state index in [1.54, 1.807) is 11.8 Å². The minimum Gasteiger partial charge on any atom is -0.305 e. The summed E-state index contributed by atoms with van der Waals surface area (Å²) in [5, 5.41) is 10.4. The first-order valence-corrected chi connectivity index (χ1v) is 6.15. The maximum absolute atomic E-state index is 4.57. The molecule has 0 unspecified atom stereocenters. The average Bonchev–Trinajstić information content (AvgIpc) is 2.69. The zero-order chi connectivity index (χ0) is 11.1. The van der Waals surface area contributed by atoms with Crippen LogP contribution in [0.3, 0.4) is 0 Å². The lowest BCUT2D eigenvalue weighted by molar-refractivity contribution is 0.688. The largest absolute Gasteiger partial charge is 0.305 e. The summed E-state index contributed by atoms with van der Waals surface area (Å²) in [4.78, 5) is 4.57. The van der Waals surface area contributed by atoms with Gasteiger partial charge < -0.3 is 4.57 Å². The Labute approximate surface area is 97.0 Å². The highest BCUT2D eigenvalue weighted by Gasteiger charge is 2.17. The quantitative estimate of drug-likeness (QED) is 0.601. The number of fused-ring (bicyclic) bond motifs is 3. The van der Waals surface area contributed by atoms with Crippen molar-refractivity contribution in [2.24, 2.45) is 7.05 Å². The predicted octanol–water partition coefficient (Wildman–Crippen LogP) is 2.19. The van der Waals surface area contributed by atoms with Crippen molar-refractivity contribution in [2.75, 3.05) is 6.26 Å². The molecule has 0 saturated carbocycles. The SMILES string of the molecule is CSc1nnc2c3ccccc3nc-2n1C. The second kappa shape index (κ2) is 3.45. The van der Waals surface area contributed by atoms with Crippen molar-refractivity contribution < 1.29 is 0 Å². The van der Waals surface area contributed by atoms with Gasteiger partial charge in [0.2, 0.25) is 0 Å². The fourth-order valence-electron chi connectivity index (χ4n) is 1.82. The Hall–Kier alpha value is -1.62. The lowest BCUT2D eigenvalue weighted by Gasteiger charge is -2.07. The normalized spacial score (nSPS) is 11.4. The molecule has 0 saturated heterocycles. The third kappa shape index (κ3) is 1.21. The first-order chi connectivity index (χ1) is 7.81. The van der Waals surface area contributed by atoms with E-state index in [-0.39, 0.29) is 0 Å². The fraction of sp³-hybridized carbons (Fsp3) is 0.182. The molecule has 0 N–H and O–H groups in total. The summed E-state index contributed by atoms with van der Waals surface area (Å²) in [7, 11) is 1.97. The van der Waals surface area contributed by atoms with Crippen LogP contribution in [0.5, 0.6) is 0 Å². The van der Waals surface area contributed by atoms with E-state index in [0.29, 0.717) is 0 Å². The Balaban J connectivity index is 2.44. The Bertz CT molecular complexity index is 631. The number of rotatable bonds is 1. The fourth-order valence-corrected chi connectivity index (χ4v) is 2.30. The second-order valence-corrected chi connectivity index (χ2v) is 4.32. The summed E-state index contributed by atoms with van der Waals surface area (Å²) in [5.74, 6) is 0.889. The van der Waals surface area contributed by atoms with Crippen molar-refractivity contribution in [2.45, 2.75) is 5.16 Å². The topological polar surface area (TPSA) is 43.6 Å². The van der Waals surface area contributed by atoms with E-state index in [1.807, 2.05) is 42.1 Å². The molecular formula is C11H10N4S. The molecule has 80 valence electrons. The minimum atomic E-state index is 0.871. The number of hydrogen-bond donors (Lipinski definition) is 0. The number of thioether (sulfide) groups is 1. The molecule has 1 aromatic carbocycles. The van der Waals surface area contributed by atoms with Crippen LogP contribution < -0.4 is 0 Å².